The number of amides is 1. The summed E-state index contributed by atoms with van der Waals surface area (Å²) >= 11 is 0. The number of unbranched alkanes of at least 4 members (excludes halogenated alkanes) is 2. The molecule has 1 amide bonds. The third kappa shape index (κ3) is 7.97. The summed E-state index contributed by atoms with van der Waals surface area (Å²) in [5.41, 5.74) is 0.994. The van der Waals surface area contributed by atoms with Crippen molar-refractivity contribution in [3.63, 3.8) is 0 Å². The summed E-state index contributed by atoms with van der Waals surface area (Å²) in [6.07, 6.45) is 2.94. The molecule has 0 atom stereocenters. The minimum absolute atomic E-state index is 0.176. The molecule has 1 aromatic rings. The Morgan fingerprint density at radius 3 is 2.53 bits per heavy atom. The van der Waals surface area contributed by atoms with Crippen LogP contribution in [0.25, 0.3) is 0 Å². The highest BCUT2D eigenvalue weighted by atomic mass is 16.5. The Balaban J connectivity index is 2.01. The van der Waals surface area contributed by atoms with Crippen molar-refractivity contribution in [3.05, 3.63) is 42.8 Å². The Morgan fingerprint density at radius 2 is 1.84 bits per heavy atom. The van der Waals surface area contributed by atoms with E-state index in [0.717, 1.165) is 24.8 Å². The van der Waals surface area contributed by atoms with Gasteiger partial charge in [0.15, 0.2) is 0 Å². The van der Waals surface area contributed by atoms with E-state index in [4.69, 9.17) is 4.74 Å². The summed E-state index contributed by atoms with van der Waals surface area (Å²) in [6.45, 7) is 4.16. The van der Waals surface area contributed by atoms with E-state index in [-0.39, 0.29) is 11.9 Å². The van der Waals surface area contributed by atoms with Crippen LogP contribution in [0.4, 0.5) is 0 Å². The summed E-state index contributed by atoms with van der Waals surface area (Å²) in [4.78, 5) is 22.0. The van der Waals surface area contributed by atoms with Crippen LogP contribution in [0, 0.1) is 6.92 Å². The minimum atomic E-state index is -0.262. The zero-order valence-corrected chi connectivity index (χ0v) is 11.1. The van der Waals surface area contributed by atoms with Crippen molar-refractivity contribution in [2.75, 3.05) is 6.54 Å². The predicted molar refractivity (Wildman–Crippen MR) is 73.1 cm³/mol. The molecule has 0 spiro atoms. The van der Waals surface area contributed by atoms with E-state index in [1.165, 1.54) is 0 Å². The maximum absolute atomic E-state index is 11.5. The molecule has 4 heteroatoms. The fraction of sp³-hybridized carbons (Fsp3) is 0.400. The summed E-state index contributed by atoms with van der Waals surface area (Å²) < 4.78 is 5.15. The van der Waals surface area contributed by atoms with E-state index in [0.29, 0.717) is 19.6 Å². The van der Waals surface area contributed by atoms with Crippen LogP contribution >= 0.6 is 0 Å². The number of ether oxygens (including phenoxy) is 1. The van der Waals surface area contributed by atoms with E-state index < -0.39 is 0 Å². The predicted octanol–water partition coefficient (Wildman–Crippen LogP) is 2.24. The highest BCUT2D eigenvalue weighted by Crippen LogP contribution is 2.04. The average Bonchev–Trinajstić information content (AvgIpc) is 2.41. The molecule has 1 N–H and O–H groups in total. The molecule has 1 aromatic carbocycles. The molecule has 0 unspecified atom stereocenters. The van der Waals surface area contributed by atoms with Crippen LogP contribution in [0.1, 0.15) is 31.2 Å². The van der Waals surface area contributed by atoms with Crippen molar-refractivity contribution in [2.45, 2.75) is 32.3 Å². The topological polar surface area (TPSA) is 55.4 Å². The van der Waals surface area contributed by atoms with Gasteiger partial charge in [-0.3, -0.25) is 9.59 Å². The molecular weight excluding hydrogens is 242 g/mol. The number of carbonyl (C=O) groups is 2. The Bertz CT molecular complexity index is 390. The zero-order chi connectivity index (χ0) is 13.9. The number of carbonyl (C=O) groups excluding carboxylic acids is 2. The largest absolute Gasteiger partial charge is 0.461 e. The van der Waals surface area contributed by atoms with Gasteiger partial charge in [0.05, 0.1) is 0 Å². The minimum Gasteiger partial charge on any atom is -0.461 e. The van der Waals surface area contributed by atoms with Gasteiger partial charge in [-0.15, -0.1) is 0 Å². The quantitative estimate of drug-likeness (QED) is 0.577. The van der Waals surface area contributed by atoms with Gasteiger partial charge < -0.3 is 10.1 Å². The monoisotopic (exact) mass is 262 g/mol. The molecule has 1 radical (unpaired) electrons. The normalized spacial score (nSPS) is 9.95. The number of hydrogen-bond donors (Lipinski definition) is 1. The molecule has 4 nitrogen and oxygen atoms in total. The van der Waals surface area contributed by atoms with Gasteiger partial charge in [0.2, 0.25) is 5.91 Å². The Hall–Kier alpha value is -1.84. The second-order valence-corrected chi connectivity index (χ2v) is 4.31. The van der Waals surface area contributed by atoms with Gasteiger partial charge in [-0.1, -0.05) is 36.8 Å². The lowest BCUT2D eigenvalue weighted by Gasteiger charge is -2.05. The van der Waals surface area contributed by atoms with Gasteiger partial charge in [0.25, 0.3) is 0 Å². The lowest BCUT2D eigenvalue weighted by Crippen LogP contribution is -2.21. The molecule has 0 saturated heterocycles. The van der Waals surface area contributed by atoms with Crippen LogP contribution < -0.4 is 5.32 Å². The fourth-order valence-corrected chi connectivity index (χ4v) is 1.61. The second-order valence-electron chi connectivity index (χ2n) is 4.31. The van der Waals surface area contributed by atoms with Crippen molar-refractivity contribution < 1.29 is 14.3 Å². The lowest BCUT2D eigenvalue weighted by molar-refractivity contribution is -0.145. The van der Waals surface area contributed by atoms with Crippen LogP contribution in [-0.4, -0.2) is 18.4 Å². The van der Waals surface area contributed by atoms with Gasteiger partial charge in [-0.25, -0.2) is 0 Å². The van der Waals surface area contributed by atoms with Gasteiger partial charge >= 0.3 is 5.97 Å². The average molecular weight is 262 g/mol. The van der Waals surface area contributed by atoms with E-state index in [9.17, 15) is 9.59 Å². The van der Waals surface area contributed by atoms with E-state index in [2.05, 4.69) is 12.2 Å². The molecule has 0 aliphatic heterocycles. The number of esters is 1. The first-order valence-corrected chi connectivity index (χ1v) is 6.48. The van der Waals surface area contributed by atoms with Crippen molar-refractivity contribution in [1.82, 2.24) is 5.32 Å². The summed E-state index contributed by atoms with van der Waals surface area (Å²) in [6, 6.07) is 9.61. The second kappa shape index (κ2) is 9.14. The smallest absolute Gasteiger partial charge is 0.306 e. The zero-order valence-electron chi connectivity index (χ0n) is 11.1. The Labute approximate surface area is 114 Å². The van der Waals surface area contributed by atoms with E-state index >= 15 is 0 Å². The van der Waals surface area contributed by atoms with Crippen LogP contribution in [0.3, 0.4) is 0 Å². The highest BCUT2D eigenvalue weighted by Gasteiger charge is 2.03. The first-order chi connectivity index (χ1) is 9.18. The number of benzene rings is 1. The Morgan fingerprint density at radius 1 is 1.11 bits per heavy atom. The molecule has 0 aliphatic carbocycles. The van der Waals surface area contributed by atoms with Gasteiger partial charge in [0.1, 0.15) is 6.61 Å². The molecule has 0 fully saturated rings. The molecule has 0 aromatic heterocycles. The summed E-state index contributed by atoms with van der Waals surface area (Å²) in [5, 5.41) is 2.61. The van der Waals surface area contributed by atoms with E-state index in [1.807, 2.05) is 30.3 Å². The third-order valence-corrected chi connectivity index (χ3v) is 2.62. The first-order valence-electron chi connectivity index (χ1n) is 6.48. The van der Waals surface area contributed by atoms with E-state index in [1.54, 1.807) is 0 Å². The lowest BCUT2D eigenvalue weighted by atomic mass is 10.2. The Kier molecular flexibility index (Phi) is 7.32. The number of nitrogens with one attached hydrogen (secondary N) is 1. The first kappa shape index (κ1) is 15.2. The molecule has 0 heterocycles. The summed E-state index contributed by atoms with van der Waals surface area (Å²) in [7, 11) is 0. The molecular formula is C15H20NO3. The maximum atomic E-state index is 11.5. The standard InChI is InChI=1S/C15H20NO3/c1-13(17)16-11-7-3-6-10-15(18)19-12-14-8-4-2-5-9-14/h2,4-5,8-9H,1,3,6-7,10-12H2,(H,16,17). The maximum Gasteiger partial charge on any atom is 0.306 e. The van der Waals surface area contributed by atoms with Crippen molar-refractivity contribution in [2.24, 2.45) is 0 Å². The van der Waals surface area contributed by atoms with Crippen molar-refractivity contribution >= 4 is 11.9 Å². The molecule has 0 bridgehead atoms. The molecule has 0 saturated carbocycles. The van der Waals surface area contributed by atoms with Gasteiger partial charge in [-0.05, 0) is 18.4 Å². The summed E-state index contributed by atoms with van der Waals surface area (Å²) in [5.74, 6) is -0.438. The molecule has 1 rings (SSSR count). The number of hydrogen-bond acceptors (Lipinski definition) is 3. The van der Waals surface area contributed by atoms with Crippen LogP contribution in [0.5, 0.6) is 0 Å². The van der Waals surface area contributed by atoms with Crippen LogP contribution in [0.2, 0.25) is 0 Å². The van der Waals surface area contributed by atoms with Gasteiger partial charge in [-0.2, -0.15) is 0 Å². The fourth-order valence-electron chi connectivity index (χ4n) is 1.61. The molecule has 103 valence electrons. The number of rotatable bonds is 8. The van der Waals surface area contributed by atoms with Crippen molar-refractivity contribution in [1.29, 1.82) is 0 Å². The highest BCUT2D eigenvalue weighted by molar-refractivity contribution is 5.79. The molecule has 0 aliphatic rings. The third-order valence-electron chi connectivity index (χ3n) is 2.62. The van der Waals surface area contributed by atoms with Crippen molar-refractivity contribution in [3.8, 4) is 0 Å². The van der Waals surface area contributed by atoms with Crippen LogP contribution in [-0.2, 0) is 20.9 Å². The van der Waals surface area contributed by atoms with Crippen LogP contribution in [0.15, 0.2) is 30.3 Å². The molecule has 19 heavy (non-hydrogen) atoms. The van der Waals surface area contributed by atoms with Gasteiger partial charge in [0, 0.05) is 19.9 Å². The SMILES string of the molecule is [CH2]C(=O)NCCCCCC(=O)OCc1ccccc1.